The van der Waals surface area contributed by atoms with Crippen LogP contribution in [0.5, 0.6) is 17.2 Å². The van der Waals surface area contributed by atoms with Crippen molar-refractivity contribution in [3.63, 3.8) is 0 Å². The molecule has 7 heteroatoms. The van der Waals surface area contributed by atoms with E-state index in [1.54, 1.807) is 43.5 Å². The Kier molecular flexibility index (Phi) is 8.23. The van der Waals surface area contributed by atoms with E-state index in [2.05, 4.69) is 5.32 Å². The molecule has 0 unspecified atom stereocenters. The minimum Gasteiger partial charge on any atom is -0.493 e. The molecule has 0 bridgehead atoms. The zero-order valence-corrected chi connectivity index (χ0v) is 16.5. The SMILES string of the molecule is CCCOc1c(Cl)cc(C(=O)Nc2ccc(OCCOC)cc2)cc1OC. The second kappa shape index (κ2) is 10.6. The third-order valence-electron chi connectivity index (χ3n) is 3.61. The van der Waals surface area contributed by atoms with E-state index in [4.69, 9.17) is 30.5 Å². The fraction of sp³-hybridized carbons (Fsp3) is 0.350. The smallest absolute Gasteiger partial charge is 0.255 e. The Bertz CT molecular complexity index is 749. The van der Waals surface area contributed by atoms with Gasteiger partial charge in [0.05, 0.1) is 25.3 Å². The molecule has 146 valence electrons. The largest absolute Gasteiger partial charge is 0.493 e. The van der Waals surface area contributed by atoms with Gasteiger partial charge in [-0.25, -0.2) is 0 Å². The summed E-state index contributed by atoms with van der Waals surface area (Å²) in [6.07, 6.45) is 0.840. The van der Waals surface area contributed by atoms with Crippen LogP contribution in [0.2, 0.25) is 5.02 Å². The zero-order chi connectivity index (χ0) is 19.6. The van der Waals surface area contributed by atoms with Crippen molar-refractivity contribution in [2.45, 2.75) is 13.3 Å². The number of carbonyl (C=O) groups excluding carboxylic acids is 1. The molecule has 0 aliphatic heterocycles. The number of methoxy groups -OCH3 is 2. The van der Waals surface area contributed by atoms with Crippen LogP contribution < -0.4 is 19.5 Å². The van der Waals surface area contributed by atoms with Gasteiger partial charge in [-0.3, -0.25) is 4.79 Å². The first-order valence-electron chi connectivity index (χ1n) is 8.62. The standard InChI is InChI=1S/C20H24ClNO5/c1-4-9-27-19-17(21)12-14(13-18(19)25-3)20(23)22-15-5-7-16(8-6-15)26-11-10-24-2/h5-8,12-13H,4,9-11H2,1-3H3,(H,22,23). The Morgan fingerprint density at radius 2 is 1.78 bits per heavy atom. The van der Waals surface area contributed by atoms with Crippen molar-refractivity contribution in [3.05, 3.63) is 47.0 Å². The Hall–Kier alpha value is -2.44. The van der Waals surface area contributed by atoms with E-state index in [-0.39, 0.29) is 5.91 Å². The lowest BCUT2D eigenvalue weighted by Gasteiger charge is -2.14. The highest BCUT2D eigenvalue weighted by Crippen LogP contribution is 2.36. The number of amides is 1. The number of carbonyl (C=O) groups is 1. The Morgan fingerprint density at radius 3 is 2.41 bits per heavy atom. The predicted octanol–water partition coefficient (Wildman–Crippen LogP) is 4.41. The first-order valence-corrected chi connectivity index (χ1v) is 9.00. The normalized spacial score (nSPS) is 10.4. The van der Waals surface area contributed by atoms with Gasteiger partial charge in [-0.1, -0.05) is 18.5 Å². The third kappa shape index (κ3) is 6.05. The molecule has 1 N–H and O–H groups in total. The van der Waals surface area contributed by atoms with Crippen LogP contribution in [0.1, 0.15) is 23.7 Å². The van der Waals surface area contributed by atoms with E-state index in [0.717, 1.165) is 6.42 Å². The summed E-state index contributed by atoms with van der Waals surface area (Å²) in [7, 11) is 3.13. The van der Waals surface area contributed by atoms with Crippen molar-refractivity contribution >= 4 is 23.2 Å². The van der Waals surface area contributed by atoms with Gasteiger partial charge in [-0.2, -0.15) is 0 Å². The molecule has 2 aromatic rings. The third-order valence-corrected chi connectivity index (χ3v) is 3.89. The molecule has 0 aliphatic carbocycles. The second-order valence-electron chi connectivity index (χ2n) is 5.66. The highest BCUT2D eigenvalue weighted by Gasteiger charge is 2.16. The van der Waals surface area contributed by atoms with Gasteiger partial charge in [0.25, 0.3) is 5.91 Å². The summed E-state index contributed by atoms with van der Waals surface area (Å²) in [6.45, 7) is 3.49. The molecule has 0 atom stereocenters. The summed E-state index contributed by atoms with van der Waals surface area (Å²) in [6, 6.07) is 10.2. The molecule has 0 radical (unpaired) electrons. The summed E-state index contributed by atoms with van der Waals surface area (Å²) >= 11 is 6.27. The maximum Gasteiger partial charge on any atom is 0.255 e. The lowest BCUT2D eigenvalue weighted by Crippen LogP contribution is -2.12. The highest BCUT2D eigenvalue weighted by atomic mass is 35.5. The van der Waals surface area contributed by atoms with Crippen LogP contribution >= 0.6 is 11.6 Å². The van der Waals surface area contributed by atoms with Crippen molar-refractivity contribution in [2.24, 2.45) is 0 Å². The number of nitrogens with one attached hydrogen (secondary N) is 1. The zero-order valence-electron chi connectivity index (χ0n) is 15.7. The molecule has 0 saturated carbocycles. The van der Waals surface area contributed by atoms with E-state index in [1.165, 1.54) is 7.11 Å². The fourth-order valence-electron chi connectivity index (χ4n) is 2.28. The average Bonchev–Trinajstić information content (AvgIpc) is 2.68. The molecule has 0 saturated heterocycles. The summed E-state index contributed by atoms with van der Waals surface area (Å²) in [5.41, 5.74) is 1.02. The number of halogens is 1. The van der Waals surface area contributed by atoms with Gasteiger partial charge in [-0.05, 0) is 42.8 Å². The topological polar surface area (TPSA) is 66.0 Å². The molecule has 0 fully saturated rings. The maximum atomic E-state index is 12.5. The predicted molar refractivity (Wildman–Crippen MR) is 106 cm³/mol. The van der Waals surface area contributed by atoms with E-state index in [1.807, 2.05) is 6.92 Å². The van der Waals surface area contributed by atoms with Gasteiger partial charge in [0, 0.05) is 18.4 Å². The maximum absolute atomic E-state index is 12.5. The van der Waals surface area contributed by atoms with Crippen LogP contribution in [0.4, 0.5) is 5.69 Å². The van der Waals surface area contributed by atoms with Crippen LogP contribution in [0.25, 0.3) is 0 Å². The number of benzene rings is 2. The van der Waals surface area contributed by atoms with Crippen molar-refractivity contribution in [1.82, 2.24) is 0 Å². The molecule has 0 aromatic heterocycles. The molecule has 6 nitrogen and oxygen atoms in total. The van der Waals surface area contributed by atoms with Crippen LogP contribution in [-0.2, 0) is 4.74 Å². The Morgan fingerprint density at radius 1 is 1.04 bits per heavy atom. The fourth-order valence-corrected chi connectivity index (χ4v) is 2.54. The number of anilines is 1. The van der Waals surface area contributed by atoms with Crippen LogP contribution in [0.15, 0.2) is 36.4 Å². The lowest BCUT2D eigenvalue weighted by molar-refractivity contribution is 0.102. The van der Waals surface area contributed by atoms with E-state index < -0.39 is 0 Å². The van der Waals surface area contributed by atoms with E-state index >= 15 is 0 Å². The first-order chi connectivity index (χ1) is 13.1. The summed E-state index contributed by atoms with van der Waals surface area (Å²) in [5, 5.41) is 3.15. The molecule has 0 heterocycles. The lowest BCUT2D eigenvalue weighted by atomic mass is 10.1. The summed E-state index contributed by atoms with van der Waals surface area (Å²) in [4.78, 5) is 12.5. The molecular formula is C20H24ClNO5. The minimum atomic E-state index is -0.301. The molecule has 0 spiro atoms. The second-order valence-corrected chi connectivity index (χ2v) is 6.06. The van der Waals surface area contributed by atoms with Crippen LogP contribution in [0.3, 0.4) is 0 Å². The van der Waals surface area contributed by atoms with Crippen LogP contribution in [0, 0.1) is 0 Å². The van der Waals surface area contributed by atoms with Gasteiger partial charge >= 0.3 is 0 Å². The van der Waals surface area contributed by atoms with Crippen molar-refractivity contribution < 1.29 is 23.7 Å². The number of ether oxygens (including phenoxy) is 4. The monoisotopic (exact) mass is 393 g/mol. The molecule has 2 rings (SSSR count). The van der Waals surface area contributed by atoms with Gasteiger partial charge < -0.3 is 24.3 Å². The average molecular weight is 394 g/mol. The van der Waals surface area contributed by atoms with Crippen LogP contribution in [-0.4, -0.2) is 39.9 Å². The number of hydrogen-bond donors (Lipinski definition) is 1. The van der Waals surface area contributed by atoms with Crippen molar-refractivity contribution in [1.29, 1.82) is 0 Å². The van der Waals surface area contributed by atoms with Gasteiger partial charge in [-0.15, -0.1) is 0 Å². The Labute approximate surface area is 164 Å². The summed E-state index contributed by atoms with van der Waals surface area (Å²) < 4.78 is 21.3. The van der Waals surface area contributed by atoms with E-state index in [9.17, 15) is 4.79 Å². The molecule has 0 aliphatic rings. The minimum absolute atomic E-state index is 0.301. The Balaban J connectivity index is 2.07. The first kappa shape index (κ1) is 20.9. The molecular weight excluding hydrogens is 370 g/mol. The van der Waals surface area contributed by atoms with Gasteiger partial charge in [0.2, 0.25) is 0 Å². The van der Waals surface area contributed by atoms with Gasteiger partial charge in [0.15, 0.2) is 11.5 Å². The molecule has 27 heavy (non-hydrogen) atoms. The highest BCUT2D eigenvalue weighted by molar-refractivity contribution is 6.32. The van der Waals surface area contributed by atoms with Crippen molar-refractivity contribution in [2.75, 3.05) is 39.4 Å². The number of hydrogen-bond acceptors (Lipinski definition) is 5. The number of rotatable bonds is 10. The van der Waals surface area contributed by atoms with Gasteiger partial charge in [0.1, 0.15) is 12.4 Å². The quantitative estimate of drug-likeness (QED) is 0.605. The molecule has 2 aromatic carbocycles. The molecule has 1 amide bonds. The van der Waals surface area contributed by atoms with E-state index in [0.29, 0.717) is 53.3 Å². The summed E-state index contributed by atoms with van der Waals surface area (Å²) in [5.74, 6) is 1.26. The van der Waals surface area contributed by atoms with Crippen molar-refractivity contribution in [3.8, 4) is 17.2 Å².